The Hall–Kier alpha value is -2.21. The molecule has 0 radical (unpaired) electrons. The maximum atomic E-state index is 13.0. The van der Waals surface area contributed by atoms with Crippen LogP contribution in [0.3, 0.4) is 0 Å². The highest BCUT2D eigenvalue weighted by molar-refractivity contribution is 5.99. The summed E-state index contributed by atoms with van der Waals surface area (Å²) in [5.74, 6) is 0.341. The van der Waals surface area contributed by atoms with Crippen molar-refractivity contribution < 1.29 is 9.18 Å². The molecule has 1 amide bonds. The highest BCUT2D eigenvalue weighted by atomic mass is 19.1. The number of likely N-dealkylation sites (tertiary alicyclic amines) is 1. The molecule has 1 aromatic heterocycles. The molecule has 2 aromatic rings. The van der Waals surface area contributed by atoms with Crippen LogP contribution in [0.1, 0.15) is 30.1 Å². The smallest absolute Gasteiger partial charge is 0.255 e. The minimum Gasteiger partial charge on any atom is -0.351 e. The van der Waals surface area contributed by atoms with Crippen LogP contribution in [0.15, 0.2) is 30.5 Å². The van der Waals surface area contributed by atoms with E-state index in [0.717, 1.165) is 31.1 Å². The van der Waals surface area contributed by atoms with Crippen molar-refractivity contribution in [2.75, 3.05) is 26.2 Å². The van der Waals surface area contributed by atoms with Gasteiger partial charge in [0, 0.05) is 18.7 Å². The van der Waals surface area contributed by atoms with Gasteiger partial charge in [0.1, 0.15) is 5.82 Å². The van der Waals surface area contributed by atoms with Gasteiger partial charge in [-0.15, -0.1) is 0 Å². The summed E-state index contributed by atoms with van der Waals surface area (Å²) < 4.78 is 13.0. The summed E-state index contributed by atoms with van der Waals surface area (Å²) in [6, 6.07) is 6.01. The van der Waals surface area contributed by atoms with Crippen molar-refractivity contribution in [2.24, 2.45) is 5.92 Å². The second-order valence-electron chi connectivity index (χ2n) is 6.45. The molecule has 2 heterocycles. The monoisotopic (exact) mass is 330 g/mol. The van der Waals surface area contributed by atoms with E-state index < -0.39 is 0 Å². The van der Waals surface area contributed by atoms with E-state index in [-0.39, 0.29) is 11.7 Å². The van der Waals surface area contributed by atoms with Crippen LogP contribution in [0.25, 0.3) is 11.3 Å². The zero-order valence-electron chi connectivity index (χ0n) is 13.9. The van der Waals surface area contributed by atoms with Crippen LogP contribution in [0.4, 0.5) is 4.39 Å². The van der Waals surface area contributed by atoms with Gasteiger partial charge in [-0.2, -0.15) is 5.10 Å². The van der Waals surface area contributed by atoms with Gasteiger partial charge in [-0.05, 0) is 56.1 Å². The number of aromatic amines is 1. The summed E-state index contributed by atoms with van der Waals surface area (Å²) in [6.45, 7) is 5.96. The third-order valence-corrected chi connectivity index (χ3v) is 4.61. The molecule has 24 heavy (non-hydrogen) atoms. The fourth-order valence-electron chi connectivity index (χ4n) is 3.00. The van der Waals surface area contributed by atoms with Crippen molar-refractivity contribution in [3.63, 3.8) is 0 Å². The number of amides is 1. The van der Waals surface area contributed by atoms with Crippen molar-refractivity contribution in [2.45, 2.75) is 19.8 Å². The molecule has 1 aromatic carbocycles. The van der Waals surface area contributed by atoms with Crippen LogP contribution in [0.5, 0.6) is 0 Å². The molecule has 0 atom stereocenters. The summed E-state index contributed by atoms with van der Waals surface area (Å²) >= 11 is 0. The van der Waals surface area contributed by atoms with Gasteiger partial charge < -0.3 is 10.2 Å². The van der Waals surface area contributed by atoms with E-state index in [1.807, 2.05) is 0 Å². The molecular weight excluding hydrogens is 307 g/mol. The van der Waals surface area contributed by atoms with Crippen molar-refractivity contribution >= 4 is 5.91 Å². The second kappa shape index (κ2) is 7.57. The first-order chi connectivity index (χ1) is 11.6. The van der Waals surface area contributed by atoms with Gasteiger partial charge >= 0.3 is 0 Å². The Morgan fingerprint density at radius 1 is 1.33 bits per heavy atom. The van der Waals surface area contributed by atoms with Gasteiger partial charge in [-0.3, -0.25) is 9.89 Å². The lowest BCUT2D eigenvalue weighted by molar-refractivity contribution is 0.0945. The molecule has 128 valence electrons. The number of aromatic nitrogens is 2. The van der Waals surface area contributed by atoms with Crippen LogP contribution >= 0.6 is 0 Å². The number of carbonyl (C=O) groups excluding carboxylic acids is 1. The number of hydrogen-bond acceptors (Lipinski definition) is 3. The van der Waals surface area contributed by atoms with Crippen LogP contribution < -0.4 is 5.32 Å². The summed E-state index contributed by atoms with van der Waals surface area (Å²) in [7, 11) is 0. The standard InChI is InChI=1S/C18H23FN4O/c1-13-6-9-23(10-7-13)11-8-20-18(24)16-12-21-22-17(16)14-2-4-15(19)5-3-14/h2-5,12-13H,6-11H2,1H3,(H,20,24)(H,21,22). The Bertz CT molecular complexity index is 675. The largest absolute Gasteiger partial charge is 0.351 e. The van der Waals surface area contributed by atoms with Crippen molar-refractivity contribution in [1.82, 2.24) is 20.4 Å². The van der Waals surface area contributed by atoms with Crippen molar-refractivity contribution in [3.8, 4) is 11.3 Å². The summed E-state index contributed by atoms with van der Waals surface area (Å²) in [5, 5.41) is 9.73. The Morgan fingerprint density at radius 3 is 2.75 bits per heavy atom. The maximum Gasteiger partial charge on any atom is 0.255 e. The van der Waals surface area contributed by atoms with Crippen molar-refractivity contribution in [1.29, 1.82) is 0 Å². The lowest BCUT2D eigenvalue weighted by atomic mass is 9.99. The molecule has 1 aliphatic heterocycles. The molecule has 0 bridgehead atoms. The highest BCUT2D eigenvalue weighted by Crippen LogP contribution is 2.21. The number of hydrogen-bond donors (Lipinski definition) is 2. The molecule has 3 rings (SSSR count). The fourth-order valence-corrected chi connectivity index (χ4v) is 3.00. The molecule has 1 fully saturated rings. The fraction of sp³-hybridized carbons (Fsp3) is 0.444. The molecule has 1 saturated heterocycles. The van der Waals surface area contributed by atoms with E-state index in [2.05, 4.69) is 27.3 Å². The summed E-state index contributed by atoms with van der Waals surface area (Å²) in [4.78, 5) is 14.8. The predicted octanol–water partition coefficient (Wildman–Crippen LogP) is 2.68. The predicted molar refractivity (Wildman–Crippen MR) is 91.2 cm³/mol. The van der Waals surface area contributed by atoms with Gasteiger partial charge in [-0.25, -0.2) is 4.39 Å². The van der Waals surface area contributed by atoms with E-state index in [9.17, 15) is 9.18 Å². The van der Waals surface area contributed by atoms with Gasteiger partial charge in [0.25, 0.3) is 5.91 Å². The Morgan fingerprint density at radius 2 is 2.04 bits per heavy atom. The molecular formula is C18H23FN4O. The molecule has 0 aliphatic carbocycles. The lowest BCUT2D eigenvalue weighted by Gasteiger charge is -2.30. The number of carbonyl (C=O) groups is 1. The molecule has 2 N–H and O–H groups in total. The average Bonchev–Trinajstić information content (AvgIpc) is 3.07. The number of halogens is 1. The average molecular weight is 330 g/mol. The Kier molecular flexibility index (Phi) is 5.25. The van der Waals surface area contributed by atoms with Gasteiger partial charge in [-0.1, -0.05) is 6.92 Å². The summed E-state index contributed by atoms with van der Waals surface area (Å²) in [5.41, 5.74) is 1.83. The number of rotatable bonds is 5. The van der Waals surface area contributed by atoms with Crippen LogP contribution in [-0.2, 0) is 0 Å². The third-order valence-electron chi connectivity index (χ3n) is 4.61. The third kappa shape index (κ3) is 4.00. The molecule has 0 spiro atoms. The first kappa shape index (κ1) is 16.6. The zero-order valence-corrected chi connectivity index (χ0v) is 13.9. The van der Waals surface area contributed by atoms with Crippen LogP contribution in [0, 0.1) is 11.7 Å². The van der Waals surface area contributed by atoms with E-state index >= 15 is 0 Å². The van der Waals surface area contributed by atoms with Gasteiger partial charge in [0.05, 0.1) is 17.5 Å². The molecule has 0 unspecified atom stereocenters. The lowest BCUT2D eigenvalue weighted by Crippen LogP contribution is -2.39. The van der Waals surface area contributed by atoms with E-state index in [4.69, 9.17) is 0 Å². The number of nitrogens with one attached hydrogen (secondary N) is 2. The number of piperidine rings is 1. The van der Waals surface area contributed by atoms with Crippen LogP contribution in [-0.4, -0.2) is 47.2 Å². The topological polar surface area (TPSA) is 61.0 Å². The van der Waals surface area contributed by atoms with Crippen molar-refractivity contribution in [3.05, 3.63) is 41.8 Å². The second-order valence-corrected chi connectivity index (χ2v) is 6.45. The molecule has 1 aliphatic rings. The summed E-state index contributed by atoms with van der Waals surface area (Å²) in [6.07, 6.45) is 3.96. The highest BCUT2D eigenvalue weighted by Gasteiger charge is 2.17. The van der Waals surface area contributed by atoms with E-state index in [0.29, 0.717) is 17.8 Å². The van der Waals surface area contributed by atoms with Crippen LogP contribution in [0.2, 0.25) is 0 Å². The first-order valence-electron chi connectivity index (χ1n) is 8.43. The Labute approximate surface area is 141 Å². The van der Waals surface area contributed by atoms with Gasteiger partial charge in [0.15, 0.2) is 0 Å². The maximum absolute atomic E-state index is 13.0. The molecule has 6 heteroatoms. The zero-order chi connectivity index (χ0) is 16.9. The van der Waals surface area contributed by atoms with E-state index in [1.165, 1.54) is 31.2 Å². The first-order valence-corrected chi connectivity index (χ1v) is 8.43. The SMILES string of the molecule is CC1CCN(CCNC(=O)c2cn[nH]c2-c2ccc(F)cc2)CC1. The molecule has 0 saturated carbocycles. The Balaban J connectivity index is 1.56. The number of nitrogens with zero attached hydrogens (tertiary/aromatic N) is 2. The number of benzene rings is 1. The quantitative estimate of drug-likeness (QED) is 0.886. The normalized spacial score (nSPS) is 16.2. The minimum atomic E-state index is -0.305. The minimum absolute atomic E-state index is 0.159. The van der Waals surface area contributed by atoms with E-state index in [1.54, 1.807) is 12.1 Å². The van der Waals surface area contributed by atoms with Gasteiger partial charge in [0.2, 0.25) is 0 Å². The molecule has 5 nitrogen and oxygen atoms in total. The number of H-pyrrole nitrogens is 1.